The standard InChI is InChI=1S/C14H21ClN4O/c1-20-9-14-17-12(15)8-13(18-14)16-10-4-6-19-5-2-3-11(19)7-10/h8,10-11H,2-7,9H2,1H3,(H,16,17,18). The van der Waals surface area contributed by atoms with Crippen LogP contribution in [-0.4, -0.2) is 47.2 Å². The first-order valence-corrected chi connectivity index (χ1v) is 7.65. The molecule has 5 nitrogen and oxygen atoms in total. The molecule has 3 heterocycles. The fourth-order valence-corrected chi connectivity index (χ4v) is 3.50. The summed E-state index contributed by atoms with van der Waals surface area (Å²) in [6.07, 6.45) is 5.03. The van der Waals surface area contributed by atoms with Crippen LogP contribution in [0, 0.1) is 0 Å². The fourth-order valence-electron chi connectivity index (χ4n) is 3.30. The van der Waals surface area contributed by atoms with E-state index in [4.69, 9.17) is 16.3 Å². The van der Waals surface area contributed by atoms with Gasteiger partial charge in [-0.3, -0.25) is 0 Å². The van der Waals surface area contributed by atoms with Gasteiger partial charge in [0.1, 0.15) is 17.6 Å². The Bertz CT molecular complexity index is 470. The second kappa shape index (κ2) is 6.24. The Hall–Kier alpha value is -0.910. The number of anilines is 1. The van der Waals surface area contributed by atoms with Crippen molar-refractivity contribution in [3.05, 3.63) is 17.0 Å². The molecular weight excluding hydrogens is 276 g/mol. The van der Waals surface area contributed by atoms with E-state index in [1.165, 1.54) is 32.4 Å². The van der Waals surface area contributed by atoms with Crippen molar-refractivity contribution in [2.75, 3.05) is 25.5 Å². The number of methoxy groups -OCH3 is 1. The second-order valence-corrected chi connectivity index (χ2v) is 6.01. The summed E-state index contributed by atoms with van der Waals surface area (Å²) < 4.78 is 5.07. The number of ether oxygens (including phenoxy) is 1. The van der Waals surface area contributed by atoms with E-state index < -0.39 is 0 Å². The molecule has 2 aliphatic rings. The first-order valence-electron chi connectivity index (χ1n) is 7.27. The number of aromatic nitrogens is 2. The molecule has 3 rings (SSSR count). The quantitative estimate of drug-likeness (QED) is 0.864. The maximum Gasteiger partial charge on any atom is 0.158 e. The summed E-state index contributed by atoms with van der Waals surface area (Å²) in [5, 5.41) is 3.98. The molecule has 0 bridgehead atoms. The molecule has 0 spiro atoms. The molecule has 20 heavy (non-hydrogen) atoms. The number of hydrogen-bond donors (Lipinski definition) is 1. The maximum atomic E-state index is 6.04. The van der Waals surface area contributed by atoms with Crippen molar-refractivity contribution in [2.24, 2.45) is 0 Å². The van der Waals surface area contributed by atoms with E-state index in [2.05, 4.69) is 20.2 Å². The predicted molar refractivity (Wildman–Crippen MR) is 79.0 cm³/mol. The van der Waals surface area contributed by atoms with Crippen LogP contribution >= 0.6 is 11.6 Å². The van der Waals surface area contributed by atoms with Crippen LogP contribution in [0.15, 0.2) is 6.07 Å². The lowest BCUT2D eigenvalue weighted by Gasteiger charge is -2.35. The normalized spacial score (nSPS) is 26.5. The number of rotatable bonds is 4. The largest absolute Gasteiger partial charge is 0.377 e. The molecule has 2 fully saturated rings. The molecule has 6 heteroatoms. The van der Waals surface area contributed by atoms with Gasteiger partial charge in [0.2, 0.25) is 0 Å². The molecule has 0 saturated carbocycles. The number of piperidine rings is 1. The van der Waals surface area contributed by atoms with Crippen LogP contribution in [0.4, 0.5) is 5.82 Å². The van der Waals surface area contributed by atoms with Gasteiger partial charge in [-0.15, -0.1) is 0 Å². The van der Waals surface area contributed by atoms with Crippen LogP contribution in [0.1, 0.15) is 31.5 Å². The lowest BCUT2D eigenvalue weighted by atomic mass is 9.97. The van der Waals surface area contributed by atoms with Gasteiger partial charge in [0, 0.05) is 31.8 Å². The van der Waals surface area contributed by atoms with Crippen molar-refractivity contribution in [1.29, 1.82) is 0 Å². The maximum absolute atomic E-state index is 6.04. The molecule has 0 aromatic carbocycles. The Kier molecular flexibility index (Phi) is 4.38. The monoisotopic (exact) mass is 296 g/mol. The number of fused-ring (bicyclic) bond motifs is 1. The molecular formula is C14H21ClN4O. The van der Waals surface area contributed by atoms with Crippen molar-refractivity contribution < 1.29 is 4.74 Å². The summed E-state index contributed by atoms with van der Waals surface area (Å²) >= 11 is 6.04. The third-order valence-electron chi connectivity index (χ3n) is 4.19. The SMILES string of the molecule is COCc1nc(Cl)cc(NC2CCN3CCCC3C2)n1. The zero-order valence-corrected chi connectivity index (χ0v) is 12.6. The van der Waals surface area contributed by atoms with Gasteiger partial charge in [-0.25, -0.2) is 9.97 Å². The lowest BCUT2D eigenvalue weighted by Crippen LogP contribution is -2.42. The number of halogens is 1. The molecule has 2 aliphatic heterocycles. The van der Waals surface area contributed by atoms with Crippen LogP contribution in [-0.2, 0) is 11.3 Å². The van der Waals surface area contributed by atoms with E-state index in [-0.39, 0.29) is 0 Å². The van der Waals surface area contributed by atoms with E-state index in [0.717, 1.165) is 18.3 Å². The average Bonchev–Trinajstić information content (AvgIpc) is 2.85. The zero-order valence-electron chi connectivity index (χ0n) is 11.8. The summed E-state index contributed by atoms with van der Waals surface area (Å²) in [5.41, 5.74) is 0. The van der Waals surface area contributed by atoms with Crippen molar-refractivity contribution >= 4 is 17.4 Å². The molecule has 2 atom stereocenters. The van der Waals surface area contributed by atoms with Crippen LogP contribution in [0.5, 0.6) is 0 Å². The van der Waals surface area contributed by atoms with E-state index in [1.807, 2.05) is 0 Å². The van der Waals surface area contributed by atoms with Gasteiger partial charge < -0.3 is 15.0 Å². The van der Waals surface area contributed by atoms with Crippen molar-refractivity contribution in [3.8, 4) is 0 Å². The summed E-state index contributed by atoms with van der Waals surface area (Å²) in [4.78, 5) is 11.2. The molecule has 0 amide bonds. The van der Waals surface area contributed by atoms with Gasteiger partial charge in [0.15, 0.2) is 5.82 Å². The number of hydrogen-bond acceptors (Lipinski definition) is 5. The molecule has 1 aromatic rings. The topological polar surface area (TPSA) is 50.3 Å². The summed E-state index contributed by atoms with van der Waals surface area (Å²) in [6.45, 7) is 2.84. The Morgan fingerprint density at radius 2 is 2.30 bits per heavy atom. The predicted octanol–water partition coefficient (Wildman–Crippen LogP) is 2.32. The van der Waals surface area contributed by atoms with Crippen molar-refractivity contribution in [1.82, 2.24) is 14.9 Å². The zero-order chi connectivity index (χ0) is 13.9. The Balaban J connectivity index is 1.65. The summed E-state index contributed by atoms with van der Waals surface area (Å²) in [6, 6.07) is 3.02. The Morgan fingerprint density at radius 3 is 3.15 bits per heavy atom. The molecule has 0 radical (unpaired) electrons. The van der Waals surface area contributed by atoms with Gasteiger partial charge in [-0.05, 0) is 32.2 Å². The van der Waals surface area contributed by atoms with E-state index in [0.29, 0.717) is 23.6 Å². The van der Waals surface area contributed by atoms with E-state index in [1.54, 1.807) is 13.2 Å². The Morgan fingerprint density at radius 1 is 1.40 bits per heavy atom. The van der Waals surface area contributed by atoms with Gasteiger partial charge in [-0.2, -0.15) is 0 Å². The molecule has 2 saturated heterocycles. The minimum Gasteiger partial charge on any atom is -0.377 e. The van der Waals surface area contributed by atoms with E-state index >= 15 is 0 Å². The third-order valence-corrected chi connectivity index (χ3v) is 4.38. The summed E-state index contributed by atoms with van der Waals surface area (Å²) in [7, 11) is 1.63. The second-order valence-electron chi connectivity index (χ2n) is 5.62. The van der Waals surface area contributed by atoms with Crippen LogP contribution in [0.25, 0.3) is 0 Å². The first-order chi connectivity index (χ1) is 9.74. The first kappa shape index (κ1) is 14.0. The highest BCUT2D eigenvalue weighted by molar-refractivity contribution is 6.29. The molecule has 1 aromatic heterocycles. The highest BCUT2D eigenvalue weighted by Crippen LogP contribution is 2.28. The molecule has 1 N–H and O–H groups in total. The number of nitrogens with zero attached hydrogens (tertiary/aromatic N) is 3. The van der Waals surface area contributed by atoms with Crippen molar-refractivity contribution in [3.63, 3.8) is 0 Å². The fraction of sp³-hybridized carbons (Fsp3) is 0.714. The summed E-state index contributed by atoms with van der Waals surface area (Å²) in [5.74, 6) is 1.44. The van der Waals surface area contributed by atoms with Crippen molar-refractivity contribution in [2.45, 2.75) is 44.4 Å². The highest BCUT2D eigenvalue weighted by Gasteiger charge is 2.31. The van der Waals surface area contributed by atoms with E-state index in [9.17, 15) is 0 Å². The van der Waals surface area contributed by atoms with Crippen LogP contribution in [0.3, 0.4) is 0 Å². The van der Waals surface area contributed by atoms with Crippen LogP contribution in [0.2, 0.25) is 5.15 Å². The van der Waals surface area contributed by atoms with Gasteiger partial charge >= 0.3 is 0 Å². The molecule has 110 valence electrons. The van der Waals surface area contributed by atoms with Gasteiger partial charge in [0.05, 0.1) is 0 Å². The average molecular weight is 297 g/mol. The van der Waals surface area contributed by atoms with Gasteiger partial charge in [-0.1, -0.05) is 11.6 Å². The highest BCUT2D eigenvalue weighted by atomic mass is 35.5. The number of nitrogens with one attached hydrogen (secondary N) is 1. The minimum atomic E-state index is 0.385. The molecule has 2 unspecified atom stereocenters. The smallest absolute Gasteiger partial charge is 0.158 e. The molecule has 0 aliphatic carbocycles. The van der Waals surface area contributed by atoms with Crippen LogP contribution < -0.4 is 5.32 Å². The Labute approximate surface area is 124 Å². The minimum absolute atomic E-state index is 0.385. The third kappa shape index (κ3) is 3.22. The lowest BCUT2D eigenvalue weighted by molar-refractivity contribution is 0.177. The van der Waals surface area contributed by atoms with Gasteiger partial charge in [0.25, 0.3) is 0 Å².